The molecule has 0 aliphatic carbocycles. The molecule has 1 atom stereocenters. The summed E-state index contributed by atoms with van der Waals surface area (Å²) in [5, 5.41) is 12.4. The first kappa shape index (κ1) is 27.9. The third-order valence-corrected chi connectivity index (χ3v) is 8.32. The lowest BCUT2D eigenvalue weighted by Gasteiger charge is -2.25. The summed E-state index contributed by atoms with van der Waals surface area (Å²) in [6, 6.07) is 24.6. The molecule has 0 fully saturated rings. The molecule has 3 aromatic carbocycles. The molecule has 0 spiro atoms. The molecule has 0 bridgehead atoms. The van der Waals surface area contributed by atoms with Crippen molar-refractivity contribution >= 4 is 35.0 Å². The zero-order valence-corrected chi connectivity index (χ0v) is 24.4. The monoisotopic (exact) mass is 589 g/mol. The molecule has 1 aliphatic rings. The zero-order chi connectivity index (χ0) is 30.2. The van der Waals surface area contributed by atoms with Crippen molar-refractivity contribution in [1.82, 2.24) is 4.57 Å². The Balaban J connectivity index is 1.44. The van der Waals surface area contributed by atoms with Crippen LogP contribution in [0.3, 0.4) is 0 Å². The molecule has 5 aromatic rings. The van der Waals surface area contributed by atoms with Gasteiger partial charge in [-0.2, -0.15) is 0 Å². The van der Waals surface area contributed by atoms with E-state index >= 15 is 0 Å². The molecule has 6 rings (SSSR count). The van der Waals surface area contributed by atoms with Gasteiger partial charge in [0, 0.05) is 17.3 Å². The minimum atomic E-state index is -1.02. The number of hydrogen-bond donors (Lipinski definition) is 2. The second-order valence-electron chi connectivity index (χ2n) is 10.3. The summed E-state index contributed by atoms with van der Waals surface area (Å²) in [5.74, 6) is -0.427. The van der Waals surface area contributed by atoms with Crippen molar-refractivity contribution in [2.45, 2.75) is 26.8 Å². The fraction of sp³-hybridized carbons (Fsp3) is 0.118. The number of nitrogens with one attached hydrogen (secondary N) is 1. The Labute approximate surface area is 250 Å². The third kappa shape index (κ3) is 5.38. The Hall–Kier alpha value is -5.28. The molecular weight excluding hydrogens is 562 g/mol. The second kappa shape index (κ2) is 11.2. The van der Waals surface area contributed by atoms with Gasteiger partial charge >= 0.3 is 5.97 Å². The van der Waals surface area contributed by atoms with Crippen molar-refractivity contribution in [3.05, 3.63) is 144 Å². The number of nitrogens with zero attached hydrogens (tertiary/aromatic N) is 2. The number of furan rings is 1. The van der Waals surface area contributed by atoms with E-state index in [9.17, 15) is 19.5 Å². The van der Waals surface area contributed by atoms with Crippen LogP contribution in [0.4, 0.5) is 5.69 Å². The summed E-state index contributed by atoms with van der Waals surface area (Å²) in [5.41, 5.74) is 4.79. The van der Waals surface area contributed by atoms with Crippen LogP contribution in [0, 0.1) is 13.8 Å². The predicted molar refractivity (Wildman–Crippen MR) is 166 cm³/mol. The van der Waals surface area contributed by atoms with E-state index in [-0.39, 0.29) is 17.0 Å². The fourth-order valence-electron chi connectivity index (χ4n) is 5.12. The van der Waals surface area contributed by atoms with Crippen molar-refractivity contribution in [3.8, 4) is 11.3 Å². The summed E-state index contributed by atoms with van der Waals surface area (Å²) in [4.78, 5) is 44.3. The molecule has 0 unspecified atom stereocenters. The number of benzene rings is 3. The topological polar surface area (TPSA) is 114 Å². The van der Waals surface area contributed by atoms with Crippen LogP contribution in [-0.4, -0.2) is 21.6 Å². The minimum absolute atomic E-state index is 0.158. The number of thiazole rings is 1. The number of aryl methyl sites for hydroxylation is 2. The summed E-state index contributed by atoms with van der Waals surface area (Å²) in [6.45, 7) is 5.64. The minimum Gasteiger partial charge on any atom is -0.478 e. The van der Waals surface area contributed by atoms with Crippen LogP contribution in [0.25, 0.3) is 17.4 Å². The molecule has 1 aliphatic heterocycles. The fourth-order valence-corrected chi connectivity index (χ4v) is 6.15. The Morgan fingerprint density at radius 3 is 2.44 bits per heavy atom. The molecular formula is C34H27N3O5S. The summed E-state index contributed by atoms with van der Waals surface area (Å²) in [6.07, 6.45) is 1.65. The number of rotatable bonds is 6. The molecule has 1 amide bonds. The first-order valence-corrected chi connectivity index (χ1v) is 14.4. The van der Waals surface area contributed by atoms with Crippen LogP contribution < -0.4 is 20.2 Å². The molecule has 2 N–H and O–H groups in total. The number of fused-ring (bicyclic) bond motifs is 1. The molecule has 3 heterocycles. The smallest absolute Gasteiger partial charge is 0.335 e. The van der Waals surface area contributed by atoms with Crippen LogP contribution in [0.15, 0.2) is 110 Å². The maximum Gasteiger partial charge on any atom is 0.335 e. The lowest BCUT2D eigenvalue weighted by atomic mass is 9.94. The summed E-state index contributed by atoms with van der Waals surface area (Å²) >= 11 is 1.22. The lowest BCUT2D eigenvalue weighted by Crippen LogP contribution is -2.40. The normalized spacial score (nSPS) is 14.8. The molecule has 0 saturated carbocycles. The Morgan fingerprint density at radius 2 is 1.72 bits per heavy atom. The number of allylic oxidation sites excluding steroid dienone is 1. The van der Waals surface area contributed by atoms with E-state index < -0.39 is 12.0 Å². The van der Waals surface area contributed by atoms with E-state index in [1.54, 1.807) is 60.0 Å². The number of aromatic carboxylic acids is 1. The number of carbonyl (C=O) groups excluding carboxylic acids is 1. The average Bonchev–Trinajstić information content (AvgIpc) is 3.57. The standard InChI is InChI=1S/C34H27N3O5S/c1-19-9-12-22(13-10-19)30-29(31(38)36-24-7-5-4-6-8-24)21(3)35-34-37(30)32(39)28(43-34)18-25-15-16-27(42-25)26-17-23(33(40)41)14-11-20(26)2/h4-18,30H,1-3H3,(H,36,38)(H,40,41)/b28-18-/t30-/m0/s1. The number of hydrogen-bond acceptors (Lipinski definition) is 6. The number of carboxylic acid groups (broad SMARTS) is 1. The average molecular weight is 590 g/mol. The third-order valence-electron chi connectivity index (χ3n) is 7.34. The van der Waals surface area contributed by atoms with Gasteiger partial charge in [-0.1, -0.05) is 65.4 Å². The van der Waals surface area contributed by atoms with E-state index in [1.807, 2.05) is 56.3 Å². The van der Waals surface area contributed by atoms with Gasteiger partial charge in [0.1, 0.15) is 11.5 Å². The van der Waals surface area contributed by atoms with Crippen LogP contribution in [0.2, 0.25) is 0 Å². The molecule has 43 heavy (non-hydrogen) atoms. The van der Waals surface area contributed by atoms with E-state index in [2.05, 4.69) is 5.32 Å². The first-order chi connectivity index (χ1) is 20.7. The number of amides is 1. The SMILES string of the molecule is CC1=C(C(=O)Nc2ccccc2)[C@H](c2ccc(C)cc2)n2c(s/c(=C\c3ccc(-c4cc(C(=O)O)ccc4C)o3)c2=O)=N1. The van der Waals surface area contributed by atoms with Crippen molar-refractivity contribution in [2.75, 3.05) is 5.32 Å². The van der Waals surface area contributed by atoms with Crippen LogP contribution in [0.5, 0.6) is 0 Å². The highest BCUT2D eigenvalue weighted by Gasteiger charge is 2.32. The van der Waals surface area contributed by atoms with Gasteiger partial charge in [-0.3, -0.25) is 14.2 Å². The maximum atomic E-state index is 14.0. The van der Waals surface area contributed by atoms with Crippen molar-refractivity contribution in [2.24, 2.45) is 4.99 Å². The highest BCUT2D eigenvalue weighted by molar-refractivity contribution is 7.07. The van der Waals surface area contributed by atoms with Gasteiger partial charge in [-0.15, -0.1) is 0 Å². The molecule has 8 nitrogen and oxygen atoms in total. The van der Waals surface area contributed by atoms with Gasteiger partial charge < -0.3 is 14.8 Å². The number of carbonyl (C=O) groups is 2. The zero-order valence-electron chi connectivity index (χ0n) is 23.6. The first-order valence-electron chi connectivity index (χ1n) is 13.6. The van der Waals surface area contributed by atoms with Crippen molar-refractivity contribution in [1.29, 1.82) is 0 Å². The molecule has 0 saturated heterocycles. The van der Waals surface area contributed by atoms with Crippen molar-refractivity contribution < 1.29 is 19.1 Å². The number of para-hydroxylation sites is 1. The lowest BCUT2D eigenvalue weighted by molar-refractivity contribution is -0.113. The van der Waals surface area contributed by atoms with E-state index in [0.29, 0.717) is 43.4 Å². The summed E-state index contributed by atoms with van der Waals surface area (Å²) in [7, 11) is 0. The Bertz CT molecular complexity index is 2100. The molecule has 9 heteroatoms. The van der Waals surface area contributed by atoms with Gasteiger partial charge in [-0.25, -0.2) is 9.79 Å². The van der Waals surface area contributed by atoms with E-state index in [4.69, 9.17) is 9.41 Å². The van der Waals surface area contributed by atoms with Gasteiger partial charge in [-0.05, 0) is 68.3 Å². The highest BCUT2D eigenvalue weighted by Crippen LogP contribution is 2.31. The largest absolute Gasteiger partial charge is 0.478 e. The molecule has 2 aromatic heterocycles. The van der Waals surface area contributed by atoms with E-state index in [1.165, 1.54) is 11.3 Å². The molecule has 0 radical (unpaired) electrons. The summed E-state index contributed by atoms with van der Waals surface area (Å²) < 4.78 is 8.01. The Kier molecular flexibility index (Phi) is 7.25. The van der Waals surface area contributed by atoms with Crippen molar-refractivity contribution in [3.63, 3.8) is 0 Å². The second-order valence-corrected chi connectivity index (χ2v) is 11.4. The number of anilines is 1. The van der Waals surface area contributed by atoms with Crippen LogP contribution in [0.1, 0.15) is 45.8 Å². The van der Waals surface area contributed by atoms with Gasteiger partial charge in [0.05, 0.1) is 27.4 Å². The van der Waals surface area contributed by atoms with Gasteiger partial charge in [0.25, 0.3) is 11.5 Å². The predicted octanol–water partition coefficient (Wildman–Crippen LogP) is 5.45. The van der Waals surface area contributed by atoms with Crippen LogP contribution >= 0.6 is 11.3 Å². The number of carboxylic acids is 1. The van der Waals surface area contributed by atoms with Crippen LogP contribution in [-0.2, 0) is 4.79 Å². The Morgan fingerprint density at radius 1 is 0.977 bits per heavy atom. The molecule has 214 valence electrons. The van der Waals surface area contributed by atoms with E-state index in [0.717, 1.165) is 16.7 Å². The quantitative estimate of drug-likeness (QED) is 0.274. The highest BCUT2D eigenvalue weighted by atomic mass is 32.1. The number of aromatic nitrogens is 1. The van der Waals surface area contributed by atoms with Gasteiger partial charge in [0.15, 0.2) is 4.80 Å². The maximum absolute atomic E-state index is 14.0. The van der Waals surface area contributed by atoms with Gasteiger partial charge in [0.2, 0.25) is 0 Å².